The predicted octanol–water partition coefficient (Wildman–Crippen LogP) is 4.04. The Labute approximate surface area is 170 Å². The number of nitrogens with one attached hydrogen (secondary N) is 1. The quantitative estimate of drug-likeness (QED) is 0.362. The van der Waals surface area contributed by atoms with Crippen LogP contribution in [0.1, 0.15) is 21.5 Å². The van der Waals surface area contributed by atoms with Crippen molar-refractivity contribution in [2.24, 2.45) is 5.10 Å². The van der Waals surface area contributed by atoms with Crippen LogP contribution in [0.3, 0.4) is 0 Å². The van der Waals surface area contributed by atoms with E-state index < -0.39 is 0 Å². The Hall–Kier alpha value is -4.04. The first-order valence-electron chi connectivity index (χ1n) is 9.02. The fourth-order valence-electron chi connectivity index (χ4n) is 2.57. The second-order valence-electron chi connectivity index (χ2n) is 6.00. The van der Waals surface area contributed by atoms with Gasteiger partial charge in [0.1, 0.15) is 24.7 Å². The number of nitrogens with zero attached hydrogens (tertiary/aromatic N) is 1. The van der Waals surface area contributed by atoms with Crippen molar-refractivity contribution in [2.75, 3.05) is 6.61 Å². The lowest BCUT2D eigenvalue weighted by atomic mass is 10.2. The van der Waals surface area contributed by atoms with Crippen molar-refractivity contribution < 1.29 is 14.3 Å². The molecule has 0 fully saturated rings. The molecule has 1 N–H and O–H groups in total. The summed E-state index contributed by atoms with van der Waals surface area (Å²) >= 11 is 0. The van der Waals surface area contributed by atoms with Crippen LogP contribution in [0.5, 0.6) is 11.5 Å². The molecular formula is C24H20N2O3. The number of carbonyl (C=O) groups excluding carboxylic acids is 1. The maximum absolute atomic E-state index is 12.6. The van der Waals surface area contributed by atoms with Crippen molar-refractivity contribution in [1.29, 1.82) is 0 Å². The minimum atomic E-state index is -0.369. The lowest BCUT2D eigenvalue weighted by Gasteiger charge is -2.10. The number of hydrazone groups is 1. The predicted molar refractivity (Wildman–Crippen MR) is 113 cm³/mol. The minimum absolute atomic E-state index is 0.156. The molecule has 29 heavy (non-hydrogen) atoms. The highest BCUT2D eigenvalue weighted by molar-refractivity contribution is 5.97. The molecule has 0 saturated heterocycles. The normalized spacial score (nSPS) is 10.3. The molecule has 0 aliphatic carbocycles. The largest absolute Gasteiger partial charge is 0.488 e. The number of terminal acetylenes is 1. The number of para-hydroxylation sites is 2. The van der Waals surface area contributed by atoms with Gasteiger partial charge in [-0.25, -0.2) is 5.43 Å². The zero-order valence-corrected chi connectivity index (χ0v) is 15.7. The van der Waals surface area contributed by atoms with Crippen LogP contribution < -0.4 is 14.9 Å². The van der Waals surface area contributed by atoms with Crippen molar-refractivity contribution >= 4 is 12.1 Å². The first kappa shape index (κ1) is 19.7. The van der Waals surface area contributed by atoms with Gasteiger partial charge >= 0.3 is 0 Å². The van der Waals surface area contributed by atoms with E-state index in [9.17, 15) is 4.79 Å². The molecule has 144 valence electrons. The zero-order chi connectivity index (χ0) is 20.3. The number of ether oxygens (including phenoxy) is 2. The molecular weight excluding hydrogens is 364 g/mol. The molecule has 1 amide bonds. The molecule has 0 saturated carbocycles. The van der Waals surface area contributed by atoms with Crippen LogP contribution in [0.4, 0.5) is 0 Å². The van der Waals surface area contributed by atoms with Gasteiger partial charge < -0.3 is 9.47 Å². The highest BCUT2D eigenvalue weighted by Gasteiger charge is 2.11. The van der Waals surface area contributed by atoms with Crippen molar-refractivity contribution in [3.05, 3.63) is 95.6 Å². The summed E-state index contributed by atoms with van der Waals surface area (Å²) in [5, 5.41) is 4.03. The summed E-state index contributed by atoms with van der Waals surface area (Å²) in [7, 11) is 0. The summed E-state index contributed by atoms with van der Waals surface area (Å²) in [6.07, 6.45) is 6.74. The molecule has 3 aromatic carbocycles. The first-order chi connectivity index (χ1) is 14.3. The third-order valence-corrected chi connectivity index (χ3v) is 3.97. The summed E-state index contributed by atoms with van der Waals surface area (Å²) in [4.78, 5) is 12.6. The highest BCUT2D eigenvalue weighted by atomic mass is 16.5. The van der Waals surface area contributed by atoms with Crippen LogP contribution >= 0.6 is 0 Å². The average Bonchev–Trinajstić information content (AvgIpc) is 2.78. The van der Waals surface area contributed by atoms with Crippen LogP contribution in [-0.4, -0.2) is 18.7 Å². The number of hydrogen-bond donors (Lipinski definition) is 1. The summed E-state index contributed by atoms with van der Waals surface area (Å²) in [5.41, 5.74) is 4.65. The van der Waals surface area contributed by atoms with Gasteiger partial charge in [0.25, 0.3) is 5.91 Å². The monoisotopic (exact) mass is 384 g/mol. The zero-order valence-electron chi connectivity index (χ0n) is 15.7. The first-order valence-corrected chi connectivity index (χ1v) is 9.02. The van der Waals surface area contributed by atoms with E-state index in [-0.39, 0.29) is 12.5 Å². The molecule has 5 nitrogen and oxygen atoms in total. The van der Waals surface area contributed by atoms with Crippen LogP contribution in [0.2, 0.25) is 0 Å². The molecule has 3 aromatic rings. The topological polar surface area (TPSA) is 59.9 Å². The van der Waals surface area contributed by atoms with E-state index in [2.05, 4.69) is 16.4 Å². The maximum Gasteiger partial charge on any atom is 0.275 e. The van der Waals surface area contributed by atoms with E-state index in [0.29, 0.717) is 29.2 Å². The Balaban J connectivity index is 1.66. The number of rotatable bonds is 8. The van der Waals surface area contributed by atoms with Crippen molar-refractivity contribution in [2.45, 2.75) is 6.61 Å². The molecule has 0 spiro atoms. The fourth-order valence-corrected chi connectivity index (χ4v) is 2.57. The van der Waals surface area contributed by atoms with Crippen LogP contribution in [0.25, 0.3) is 0 Å². The van der Waals surface area contributed by atoms with E-state index >= 15 is 0 Å². The van der Waals surface area contributed by atoms with Crippen LogP contribution in [0.15, 0.2) is 84.0 Å². The lowest BCUT2D eigenvalue weighted by molar-refractivity contribution is 0.0950. The molecule has 0 bridgehead atoms. The second-order valence-corrected chi connectivity index (χ2v) is 6.00. The average molecular weight is 384 g/mol. The van der Waals surface area contributed by atoms with Gasteiger partial charge in [-0.05, 0) is 29.8 Å². The van der Waals surface area contributed by atoms with Gasteiger partial charge in [-0.2, -0.15) is 5.10 Å². The molecule has 0 aromatic heterocycles. The number of carbonyl (C=O) groups is 1. The van der Waals surface area contributed by atoms with Gasteiger partial charge in [0.05, 0.1) is 11.8 Å². The SMILES string of the molecule is C#CCOc1ccccc1/C=N/NC(=O)c1ccccc1OCc1ccccc1. The smallest absolute Gasteiger partial charge is 0.275 e. The van der Waals surface area contributed by atoms with Crippen LogP contribution in [-0.2, 0) is 6.61 Å². The summed E-state index contributed by atoms with van der Waals surface area (Å²) < 4.78 is 11.3. The van der Waals surface area contributed by atoms with Gasteiger partial charge in [-0.1, -0.05) is 60.5 Å². The van der Waals surface area contributed by atoms with Gasteiger partial charge in [0.2, 0.25) is 0 Å². The molecule has 0 atom stereocenters. The van der Waals surface area contributed by atoms with Crippen molar-refractivity contribution in [1.82, 2.24) is 5.43 Å². The molecule has 5 heteroatoms. The van der Waals surface area contributed by atoms with E-state index in [1.807, 2.05) is 54.6 Å². The Morgan fingerprint density at radius 1 is 0.931 bits per heavy atom. The summed E-state index contributed by atoms with van der Waals surface area (Å²) in [6, 6.07) is 24.1. The molecule has 0 aliphatic rings. The Bertz CT molecular complexity index is 1020. The van der Waals surface area contributed by atoms with E-state index in [1.54, 1.807) is 24.3 Å². The molecule has 0 aliphatic heterocycles. The second kappa shape index (κ2) is 10.3. The van der Waals surface area contributed by atoms with E-state index in [4.69, 9.17) is 15.9 Å². The van der Waals surface area contributed by atoms with Crippen molar-refractivity contribution in [3.8, 4) is 23.8 Å². The fraction of sp³-hybridized carbons (Fsp3) is 0.0833. The Morgan fingerprint density at radius 3 is 2.41 bits per heavy atom. The highest BCUT2D eigenvalue weighted by Crippen LogP contribution is 2.19. The maximum atomic E-state index is 12.6. The molecule has 0 heterocycles. The molecule has 0 radical (unpaired) electrons. The van der Waals surface area contributed by atoms with Crippen LogP contribution in [0, 0.1) is 12.3 Å². The molecule has 3 rings (SSSR count). The van der Waals surface area contributed by atoms with Crippen molar-refractivity contribution in [3.63, 3.8) is 0 Å². The number of benzene rings is 3. The Morgan fingerprint density at radius 2 is 1.62 bits per heavy atom. The van der Waals surface area contributed by atoms with E-state index in [0.717, 1.165) is 5.56 Å². The standard InChI is InChI=1S/C24H20N2O3/c1-2-16-28-22-14-8-6-12-20(22)17-25-26-24(27)21-13-7-9-15-23(21)29-18-19-10-4-3-5-11-19/h1,3-15,17H,16,18H2,(H,26,27)/b25-17+. The third kappa shape index (κ3) is 5.72. The Kier molecular flexibility index (Phi) is 7.03. The number of amides is 1. The number of hydrogen-bond acceptors (Lipinski definition) is 4. The summed E-state index contributed by atoms with van der Waals surface area (Å²) in [5.74, 6) is 3.13. The third-order valence-electron chi connectivity index (χ3n) is 3.97. The van der Waals surface area contributed by atoms with Gasteiger partial charge in [0, 0.05) is 5.56 Å². The van der Waals surface area contributed by atoms with Gasteiger partial charge in [-0.15, -0.1) is 6.42 Å². The van der Waals surface area contributed by atoms with E-state index in [1.165, 1.54) is 6.21 Å². The lowest BCUT2D eigenvalue weighted by Crippen LogP contribution is -2.18. The van der Waals surface area contributed by atoms with Gasteiger partial charge in [0.15, 0.2) is 0 Å². The minimum Gasteiger partial charge on any atom is -0.488 e. The molecule has 0 unspecified atom stereocenters. The summed E-state index contributed by atoms with van der Waals surface area (Å²) in [6.45, 7) is 0.525. The van der Waals surface area contributed by atoms with Gasteiger partial charge in [-0.3, -0.25) is 4.79 Å².